The van der Waals surface area contributed by atoms with Crippen molar-refractivity contribution in [3.63, 3.8) is 0 Å². The van der Waals surface area contributed by atoms with Crippen molar-refractivity contribution < 1.29 is 0 Å². The number of piperidine rings is 1. The SMILES string of the molecule is Cc1cccc(CN2CCCC(N3CCN(c4ccccc4)CC3)C2)n1. The van der Waals surface area contributed by atoms with Crippen molar-refractivity contribution in [1.82, 2.24) is 14.8 Å². The Morgan fingerprint density at radius 3 is 2.50 bits per heavy atom. The number of para-hydroxylation sites is 1. The summed E-state index contributed by atoms with van der Waals surface area (Å²) in [7, 11) is 0. The van der Waals surface area contributed by atoms with Crippen LogP contribution in [-0.2, 0) is 6.54 Å². The number of benzene rings is 1. The molecule has 0 amide bonds. The van der Waals surface area contributed by atoms with Crippen LogP contribution >= 0.6 is 0 Å². The summed E-state index contributed by atoms with van der Waals surface area (Å²) in [6.45, 7) is 10.1. The maximum Gasteiger partial charge on any atom is 0.0547 e. The predicted molar refractivity (Wildman–Crippen MR) is 108 cm³/mol. The van der Waals surface area contributed by atoms with Gasteiger partial charge < -0.3 is 4.90 Å². The van der Waals surface area contributed by atoms with Crippen LogP contribution in [0.15, 0.2) is 48.5 Å². The van der Waals surface area contributed by atoms with Gasteiger partial charge in [0.05, 0.1) is 5.69 Å². The minimum absolute atomic E-state index is 0.700. The van der Waals surface area contributed by atoms with Crippen molar-refractivity contribution in [2.45, 2.75) is 32.4 Å². The summed E-state index contributed by atoms with van der Waals surface area (Å²) in [5.41, 5.74) is 3.69. The number of hydrogen-bond acceptors (Lipinski definition) is 4. The summed E-state index contributed by atoms with van der Waals surface area (Å²) in [6, 6.07) is 17.9. The normalized spacial score (nSPS) is 22.5. The molecule has 2 fully saturated rings. The second kappa shape index (κ2) is 8.19. The van der Waals surface area contributed by atoms with Gasteiger partial charge in [-0.15, -0.1) is 0 Å². The number of rotatable bonds is 4. The summed E-state index contributed by atoms with van der Waals surface area (Å²) in [5, 5.41) is 0. The first-order valence-electron chi connectivity index (χ1n) is 9.97. The van der Waals surface area contributed by atoms with Gasteiger partial charge in [-0.1, -0.05) is 24.3 Å². The van der Waals surface area contributed by atoms with Gasteiger partial charge in [-0.3, -0.25) is 14.8 Å². The highest BCUT2D eigenvalue weighted by molar-refractivity contribution is 5.46. The number of aryl methyl sites for hydroxylation is 1. The Balaban J connectivity index is 1.31. The topological polar surface area (TPSA) is 22.6 Å². The lowest BCUT2D eigenvalue weighted by molar-refractivity contribution is 0.0881. The minimum atomic E-state index is 0.700. The zero-order valence-electron chi connectivity index (χ0n) is 15.8. The Hall–Kier alpha value is -1.91. The molecule has 138 valence electrons. The van der Waals surface area contributed by atoms with Gasteiger partial charge in [-0.05, 0) is 50.6 Å². The van der Waals surface area contributed by atoms with Crippen LogP contribution in [0.2, 0.25) is 0 Å². The van der Waals surface area contributed by atoms with Gasteiger partial charge in [-0.2, -0.15) is 0 Å². The Bertz CT molecular complexity index is 694. The third kappa shape index (κ3) is 4.25. The largest absolute Gasteiger partial charge is 0.369 e. The summed E-state index contributed by atoms with van der Waals surface area (Å²) >= 11 is 0. The summed E-state index contributed by atoms with van der Waals surface area (Å²) < 4.78 is 0. The van der Waals surface area contributed by atoms with Gasteiger partial charge >= 0.3 is 0 Å². The van der Waals surface area contributed by atoms with E-state index in [0.29, 0.717) is 6.04 Å². The van der Waals surface area contributed by atoms with Crippen molar-refractivity contribution in [2.24, 2.45) is 0 Å². The summed E-state index contributed by atoms with van der Waals surface area (Å²) in [5.74, 6) is 0. The second-order valence-electron chi connectivity index (χ2n) is 7.66. The molecule has 3 heterocycles. The number of likely N-dealkylation sites (tertiary alicyclic amines) is 1. The number of aromatic nitrogens is 1. The monoisotopic (exact) mass is 350 g/mol. The highest BCUT2D eigenvalue weighted by Gasteiger charge is 2.28. The lowest BCUT2D eigenvalue weighted by Crippen LogP contribution is -2.55. The first-order valence-corrected chi connectivity index (χ1v) is 9.97. The van der Waals surface area contributed by atoms with Crippen LogP contribution in [0, 0.1) is 6.92 Å². The molecule has 4 heteroatoms. The van der Waals surface area contributed by atoms with Gasteiger partial charge in [-0.25, -0.2) is 0 Å². The maximum atomic E-state index is 4.69. The average molecular weight is 351 g/mol. The van der Waals surface area contributed by atoms with Crippen LogP contribution in [0.1, 0.15) is 24.2 Å². The molecule has 2 aliphatic rings. The first kappa shape index (κ1) is 17.5. The number of pyridine rings is 1. The van der Waals surface area contributed by atoms with E-state index in [1.54, 1.807) is 0 Å². The summed E-state index contributed by atoms with van der Waals surface area (Å²) in [4.78, 5) is 12.5. The molecule has 2 aliphatic heterocycles. The third-order valence-corrected chi connectivity index (χ3v) is 5.76. The van der Waals surface area contributed by atoms with E-state index >= 15 is 0 Å². The van der Waals surface area contributed by atoms with Crippen LogP contribution in [0.25, 0.3) is 0 Å². The lowest BCUT2D eigenvalue weighted by Gasteiger charge is -2.44. The molecule has 4 nitrogen and oxygen atoms in total. The van der Waals surface area contributed by atoms with E-state index < -0.39 is 0 Å². The third-order valence-electron chi connectivity index (χ3n) is 5.76. The number of hydrogen-bond donors (Lipinski definition) is 0. The van der Waals surface area contributed by atoms with E-state index in [0.717, 1.165) is 25.3 Å². The van der Waals surface area contributed by atoms with Gasteiger partial charge in [0.1, 0.15) is 0 Å². The standard InChI is InChI=1S/C22H30N4/c1-19-7-5-8-20(23-19)17-24-12-6-11-22(18-24)26-15-13-25(14-16-26)21-9-3-2-4-10-21/h2-5,7-10,22H,6,11-18H2,1H3. The van der Waals surface area contributed by atoms with Gasteiger partial charge in [0, 0.05) is 56.7 Å². The second-order valence-corrected chi connectivity index (χ2v) is 7.66. The highest BCUT2D eigenvalue weighted by atomic mass is 15.3. The van der Waals surface area contributed by atoms with E-state index in [-0.39, 0.29) is 0 Å². The molecule has 4 rings (SSSR count). The van der Waals surface area contributed by atoms with E-state index in [1.807, 2.05) is 0 Å². The number of piperazine rings is 1. The molecule has 2 saturated heterocycles. The fraction of sp³-hybridized carbons (Fsp3) is 0.500. The molecular weight excluding hydrogens is 320 g/mol. The maximum absolute atomic E-state index is 4.69. The Kier molecular flexibility index (Phi) is 5.51. The fourth-order valence-electron chi connectivity index (χ4n) is 4.37. The molecule has 1 aromatic heterocycles. The van der Waals surface area contributed by atoms with E-state index in [9.17, 15) is 0 Å². The van der Waals surface area contributed by atoms with Gasteiger partial charge in [0.15, 0.2) is 0 Å². The Morgan fingerprint density at radius 1 is 0.923 bits per heavy atom. The van der Waals surface area contributed by atoms with Gasteiger partial charge in [0.2, 0.25) is 0 Å². The molecule has 1 unspecified atom stereocenters. The molecule has 0 bridgehead atoms. The molecule has 0 aliphatic carbocycles. The molecule has 26 heavy (non-hydrogen) atoms. The van der Waals surface area contributed by atoms with E-state index in [4.69, 9.17) is 0 Å². The lowest BCUT2D eigenvalue weighted by atomic mass is 10.0. The molecule has 0 spiro atoms. The Labute approximate surface area is 157 Å². The van der Waals surface area contributed by atoms with Crippen LogP contribution in [0.5, 0.6) is 0 Å². The Morgan fingerprint density at radius 2 is 1.73 bits per heavy atom. The smallest absolute Gasteiger partial charge is 0.0547 e. The fourth-order valence-corrected chi connectivity index (χ4v) is 4.37. The van der Waals surface area contributed by atoms with Crippen LogP contribution < -0.4 is 4.90 Å². The number of nitrogens with zero attached hydrogens (tertiary/aromatic N) is 4. The van der Waals surface area contributed by atoms with Crippen molar-refractivity contribution in [3.8, 4) is 0 Å². The molecule has 2 aromatic rings. The van der Waals surface area contributed by atoms with Crippen molar-refractivity contribution in [2.75, 3.05) is 44.2 Å². The quantitative estimate of drug-likeness (QED) is 0.845. The highest BCUT2D eigenvalue weighted by Crippen LogP contribution is 2.21. The zero-order valence-corrected chi connectivity index (χ0v) is 15.8. The van der Waals surface area contributed by atoms with Crippen molar-refractivity contribution >= 4 is 5.69 Å². The van der Waals surface area contributed by atoms with E-state index in [1.165, 1.54) is 50.4 Å². The summed E-state index contributed by atoms with van der Waals surface area (Å²) in [6.07, 6.45) is 2.64. The molecule has 1 aromatic carbocycles. The van der Waals surface area contributed by atoms with Crippen LogP contribution in [0.3, 0.4) is 0 Å². The van der Waals surface area contributed by atoms with Crippen molar-refractivity contribution in [3.05, 3.63) is 59.9 Å². The number of anilines is 1. The van der Waals surface area contributed by atoms with Crippen molar-refractivity contribution in [1.29, 1.82) is 0 Å². The van der Waals surface area contributed by atoms with Crippen LogP contribution in [0.4, 0.5) is 5.69 Å². The van der Waals surface area contributed by atoms with Crippen LogP contribution in [-0.4, -0.2) is 60.1 Å². The minimum Gasteiger partial charge on any atom is -0.369 e. The van der Waals surface area contributed by atoms with E-state index in [2.05, 4.69) is 75.1 Å². The molecular formula is C22H30N4. The molecule has 0 saturated carbocycles. The molecule has 0 N–H and O–H groups in total. The molecule has 1 atom stereocenters. The molecule has 0 radical (unpaired) electrons. The zero-order chi connectivity index (χ0) is 17.8. The average Bonchev–Trinajstić information content (AvgIpc) is 2.69. The predicted octanol–water partition coefficient (Wildman–Crippen LogP) is 3.18. The first-order chi connectivity index (χ1) is 12.8. The van der Waals surface area contributed by atoms with Gasteiger partial charge in [0.25, 0.3) is 0 Å².